The van der Waals surface area contributed by atoms with Crippen LogP contribution < -0.4 is 0 Å². The van der Waals surface area contributed by atoms with Crippen LogP contribution in [-0.2, 0) is 19.1 Å². The largest absolute Gasteiger partial charge is 0.428 e. The number of rotatable bonds is 8. The van der Waals surface area contributed by atoms with E-state index >= 15 is 0 Å². The van der Waals surface area contributed by atoms with Gasteiger partial charge >= 0.3 is 11.9 Å². The van der Waals surface area contributed by atoms with E-state index in [1.807, 2.05) is 13.8 Å². The Bertz CT molecular complexity index is 338. The molecular weight excluding hydrogens is 292 g/mol. The maximum Gasteiger partial charge on any atom is 0.308 e. The summed E-state index contributed by atoms with van der Waals surface area (Å²) in [5.41, 5.74) is 0.380. The summed E-state index contributed by atoms with van der Waals surface area (Å²) in [5.74, 6) is -0.107. The Balaban J connectivity index is 3.93. The lowest BCUT2D eigenvalue weighted by Gasteiger charge is -2.23. The van der Waals surface area contributed by atoms with E-state index in [0.29, 0.717) is 12.8 Å². The molecule has 4 nitrogen and oxygen atoms in total. The smallest absolute Gasteiger partial charge is 0.308 e. The van der Waals surface area contributed by atoms with Crippen molar-refractivity contribution in [3.8, 4) is 0 Å². The number of hydrogen-bond acceptors (Lipinski definition) is 4. The zero-order valence-corrected chi connectivity index (χ0v) is 16.3. The minimum absolute atomic E-state index is 0.190. The zero-order chi connectivity index (χ0) is 18.3. The molecule has 0 aliphatic heterocycles. The van der Waals surface area contributed by atoms with Gasteiger partial charge in [-0.3, -0.25) is 9.59 Å². The van der Waals surface area contributed by atoms with Crippen LogP contribution in [0.5, 0.6) is 0 Å². The van der Waals surface area contributed by atoms with Gasteiger partial charge in [-0.2, -0.15) is 0 Å². The number of esters is 2. The molecule has 0 saturated heterocycles. The molecule has 0 aliphatic rings. The first kappa shape index (κ1) is 21.9. The minimum atomic E-state index is -0.308. The summed E-state index contributed by atoms with van der Waals surface area (Å²) in [6.07, 6.45) is 2.61. The predicted octanol–water partition coefficient (Wildman–Crippen LogP) is 4.96. The van der Waals surface area contributed by atoms with Crippen LogP contribution in [0.1, 0.15) is 81.1 Å². The van der Waals surface area contributed by atoms with Gasteiger partial charge < -0.3 is 9.47 Å². The fourth-order valence-corrected chi connectivity index (χ4v) is 3.08. The first-order chi connectivity index (χ1) is 10.3. The fourth-order valence-electron chi connectivity index (χ4n) is 3.08. The fraction of sp³-hybridized carbons (Fsp3) is 0.895. The Morgan fingerprint density at radius 1 is 0.739 bits per heavy atom. The lowest BCUT2D eigenvalue weighted by molar-refractivity contribution is -0.168. The van der Waals surface area contributed by atoms with Gasteiger partial charge in [0.1, 0.15) is 0 Å². The number of carbonyl (C=O) groups is 2. The van der Waals surface area contributed by atoms with Gasteiger partial charge in [-0.25, -0.2) is 0 Å². The van der Waals surface area contributed by atoms with Gasteiger partial charge in [0.2, 0.25) is 6.79 Å². The van der Waals surface area contributed by atoms with E-state index in [9.17, 15) is 9.59 Å². The second kappa shape index (κ2) is 9.29. The molecule has 0 aromatic carbocycles. The van der Waals surface area contributed by atoms with Crippen molar-refractivity contribution >= 4 is 11.9 Å². The summed E-state index contributed by atoms with van der Waals surface area (Å²) in [6, 6.07) is 0. The van der Waals surface area contributed by atoms with Crippen molar-refractivity contribution in [2.45, 2.75) is 81.1 Å². The summed E-state index contributed by atoms with van der Waals surface area (Å²) < 4.78 is 10.00. The molecule has 0 aromatic heterocycles. The van der Waals surface area contributed by atoms with Gasteiger partial charge in [0, 0.05) is 12.8 Å². The Hall–Kier alpha value is -1.06. The quantitative estimate of drug-likeness (QED) is 0.467. The normalized spacial score (nSPS) is 15.0. The highest BCUT2D eigenvalue weighted by Gasteiger charge is 2.20. The van der Waals surface area contributed by atoms with Crippen LogP contribution in [0, 0.1) is 22.7 Å². The van der Waals surface area contributed by atoms with Crippen LogP contribution in [0.25, 0.3) is 0 Å². The molecule has 0 spiro atoms. The molecule has 0 aliphatic carbocycles. The van der Waals surface area contributed by atoms with Crippen molar-refractivity contribution in [3.63, 3.8) is 0 Å². The molecule has 136 valence electrons. The molecular formula is C19H36O4. The Labute approximate surface area is 142 Å². The van der Waals surface area contributed by atoms with E-state index in [2.05, 4.69) is 41.5 Å². The molecule has 0 N–H and O–H groups in total. The maximum atomic E-state index is 11.7. The highest BCUT2D eigenvalue weighted by atomic mass is 16.7. The Kier molecular flexibility index (Phi) is 8.86. The van der Waals surface area contributed by atoms with E-state index in [0.717, 1.165) is 12.8 Å². The van der Waals surface area contributed by atoms with Crippen LogP contribution in [0.2, 0.25) is 0 Å². The van der Waals surface area contributed by atoms with Crippen LogP contribution in [0.4, 0.5) is 0 Å². The third kappa shape index (κ3) is 14.3. The van der Waals surface area contributed by atoms with E-state index < -0.39 is 0 Å². The number of hydrogen-bond donors (Lipinski definition) is 0. The molecule has 0 bridgehead atoms. The highest BCUT2D eigenvalue weighted by Crippen LogP contribution is 2.27. The van der Waals surface area contributed by atoms with Gasteiger partial charge in [-0.15, -0.1) is 0 Å². The van der Waals surface area contributed by atoms with Crippen molar-refractivity contribution in [3.05, 3.63) is 0 Å². The molecule has 4 heteroatoms. The van der Waals surface area contributed by atoms with E-state index in [1.165, 1.54) is 0 Å². The third-order valence-electron chi connectivity index (χ3n) is 3.39. The molecule has 0 saturated carbocycles. The number of carbonyl (C=O) groups excluding carboxylic acids is 2. The Morgan fingerprint density at radius 3 is 1.30 bits per heavy atom. The van der Waals surface area contributed by atoms with E-state index in [-0.39, 0.29) is 41.4 Å². The first-order valence-corrected chi connectivity index (χ1v) is 8.60. The third-order valence-corrected chi connectivity index (χ3v) is 3.39. The molecule has 0 rings (SSSR count). The van der Waals surface area contributed by atoms with Crippen LogP contribution in [-0.4, -0.2) is 18.7 Å². The van der Waals surface area contributed by atoms with Crippen LogP contribution >= 0.6 is 0 Å². The molecule has 2 atom stereocenters. The van der Waals surface area contributed by atoms with Gasteiger partial charge in [-0.05, 0) is 35.5 Å². The molecule has 0 heterocycles. The van der Waals surface area contributed by atoms with Crippen LogP contribution in [0.15, 0.2) is 0 Å². The van der Waals surface area contributed by atoms with Gasteiger partial charge in [-0.1, -0.05) is 55.4 Å². The summed E-state index contributed by atoms with van der Waals surface area (Å²) in [5, 5.41) is 0. The lowest BCUT2D eigenvalue weighted by Crippen LogP contribution is -2.19. The summed E-state index contributed by atoms with van der Waals surface area (Å²) in [4.78, 5) is 23.4. The molecule has 0 radical (unpaired) electrons. The summed E-state index contributed by atoms with van der Waals surface area (Å²) in [7, 11) is 0. The van der Waals surface area contributed by atoms with Crippen LogP contribution in [0.3, 0.4) is 0 Å². The first-order valence-electron chi connectivity index (χ1n) is 8.60. The van der Waals surface area contributed by atoms with Crippen molar-refractivity contribution < 1.29 is 19.1 Å². The summed E-state index contributed by atoms with van der Waals surface area (Å²) in [6.45, 7) is 16.7. The zero-order valence-electron chi connectivity index (χ0n) is 16.3. The molecule has 0 aromatic rings. The topological polar surface area (TPSA) is 52.6 Å². The summed E-state index contributed by atoms with van der Waals surface area (Å²) >= 11 is 0. The van der Waals surface area contributed by atoms with Crippen molar-refractivity contribution in [1.29, 1.82) is 0 Å². The predicted molar refractivity (Wildman–Crippen MR) is 92.8 cm³/mol. The molecule has 2 unspecified atom stereocenters. The van der Waals surface area contributed by atoms with Gasteiger partial charge in [0.25, 0.3) is 0 Å². The average molecular weight is 328 g/mol. The SMILES string of the molecule is CC(CC(=O)OCOC(=O)CC(C)CC(C)(C)C)CC(C)(C)C. The van der Waals surface area contributed by atoms with Crippen molar-refractivity contribution in [2.24, 2.45) is 22.7 Å². The van der Waals surface area contributed by atoms with E-state index in [1.54, 1.807) is 0 Å². The minimum Gasteiger partial charge on any atom is -0.428 e. The monoisotopic (exact) mass is 328 g/mol. The van der Waals surface area contributed by atoms with Crippen molar-refractivity contribution in [1.82, 2.24) is 0 Å². The molecule has 0 amide bonds. The molecule has 0 fully saturated rings. The second-order valence-electron chi connectivity index (χ2n) is 9.30. The number of ether oxygens (including phenoxy) is 2. The average Bonchev–Trinajstić information content (AvgIpc) is 2.22. The highest BCUT2D eigenvalue weighted by molar-refractivity contribution is 5.71. The standard InChI is InChI=1S/C19H36O4/c1-14(11-18(3,4)5)9-16(20)22-13-23-17(21)10-15(2)12-19(6,7)8/h14-15H,9-13H2,1-8H3. The maximum absolute atomic E-state index is 11.7. The van der Waals surface area contributed by atoms with Gasteiger partial charge in [0.05, 0.1) is 0 Å². The van der Waals surface area contributed by atoms with E-state index in [4.69, 9.17) is 9.47 Å². The Morgan fingerprint density at radius 2 is 1.04 bits per heavy atom. The van der Waals surface area contributed by atoms with Crippen molar-refractivity contribution in [2.75, 3.05) is 6.79 Å². The lowest BCUT2D eigenvalue weighted by atomic mass is 9.84. The second-order valence-corrected chi connectivity index (χ2v) is 9.30. The van der Waals surface area contributed by atoms with Gasteiger partial charge in [0.15, 0.2) is 0 Å². The molecule has 23 heavy (non-hydrogen) atoms.